The number of aromatic nitrogens is 2. The van der Waals surface area contributed by atoms with Crippen LogP contribution in [0.25, 0.3) is 21.0 Å². The maximum absolute atomic E-state index is 6.09. The van der Waals surface area contributed by atoms with E-state index in [2.05, 4.69) is 25.3 Å². The third-order valence-corrected chi connectivity index (χ3v) is 4.42. The van der Waals surface area contributed by atoms with Gasteiger partial charge in [-0.1, -0.05) is 33.6 Å². The second-order valence-electron chi connectivity index (χ2n) is 4.10. The summed E-state index contributed by atoms with van der Waals surface area (Å²) in [5.74, 6) is 0.515. The first-order valence-corrected chi connectivity index (χ1v) is 8.07. The summed E-state index contributed by atoms with van der Waals surface area (Å²) in [6.45, 7) is 0.143. The average molecular weight is 374 g/mol. The zero-order chi connectivity index (χ0) is 14.1. The van der Waals surface area contributed by atoms with Gasteiger partial charge < -0.3 is 9.47 Å². The van der Waals surface area contributed by atoms with Crippen LogP contribution in [0.3, 0.4) is 0 Å². The maximum atomic E-state index is 6.09. The van der Waals surface area contributed by atoms with Crippen LogP contribution >= 0.6 is 39.1 Å². The number of benzene rings is 1. The average Bonchev–Trinajstić information content (AvgIpc) is 2.87. The Kier molecular flexibility index (Phi) is 4.07. The Morgan fingerprint density at radius 2 is 2.20 bits per heavy atom. The molecule has 0 atom stereocenters. The first-order chi connectivity index (χ1) is 9.74. The molecule has 0 unspecified atom stereocenters. The Balaban J connectivity index is 2.34. The Morgan fingerprint density at radius 3 is 2.95 bits per heavy atom. The highest BCUT2D eigenvalue weighted by Crippen LogP contribution is 2.36. The van der Waals surface area contributed by atoms with E-state index in [1.165, 1.54) is 11.5 Å². The summed E-state index contributed by atoms with van der Waals surface area (Å²) < 4.78 is 14.9. The number of hydrogen-bond acceptors (Lipinski definition) is 5. The number of pyridine rings is 1. The molecule has 104 valence electrons. The van der Waals surface area contributed by atoms with Crippen molar-refractivity contribution in [3.8, 4) is 5.88 Å². The minimum atomic E-state index is 0.143. The lowest BCUT2D eigenvalue weighted by atomic mass is 10.1. The van der Waals surface area contributed by atoms with Crippen molar-refractivity contribution in [3.05, 3.63) is 28.9 Å². The zero-order valence-electron chi connectivity index (χ0n) is 10.5. The van der Waals surface area contributed by atoms with Gasteiger partial charge in [-0.05, 0) is 29.1 Å². The van der Waals surface area contributed by atoms with Gasteiger partial charge in [-0.15, -0.1) is 0 Å². The van der Waals surface area contributed by atoms with Gasteiger partial charge in [0, 0.05) is 28.2 Å². The van der Waals surface area contributed by atoms with E-state index in [1.807, 2.05) is 18.2 Å². The van der Waals surface area contributed by atoms with Crippen molar-refractivity contribution in [2.45, 2.75) is 5.33 Å². The van der Waals surface area contributed by atoms with Crippen LogP contribution in [0.5, 0.6) is 5.88 Å². The maximum Gasteiger partial charge on any atom is 0.224 e. The van der Waals surface area contributed by atoms with Crippen LogP contribution in [0.15, 0.2) is 18.2 Å². The van der Waals surface area contributed by atoms with Crippen molar-refractivity contribution in [1.82, 2.24) is 9.36 Å². The fourth-order valence-electron chi connectivity index (χ4n) is 2.04. The first-order valence-electron chi connectivity index (χ1n) is 5.80. The Labute approximate surface area is 133 Å². The summed E-state index contributed by atoms with van der Waals surface area (Å²) >= 11 is 10.9. The molecular formula is C13H10BrClN2O2S. The van der Waals surface area contributed by atoms with Crippen LogP contribution < -0.4 is 4.74 Å². The van der Waals surface area contributed by atoms with Gasteiger partial charge in [-0.3, -0.25) is 0 Å². The Bertz CT molecular complexity index is 778. The molecule has 2 heterocycles. The van der Waals surface area contributed by atoms with Crippen LogP contribution in [-0.2, 0) is 10.1 Å². The number of alkyl halides is 1. The van der Waals surface area contributed by atoms with Gasteiger partial charge in [0.2, 0.25) is 5.88 Å². The van der Waals surface area contributed by atoms with E-state index < -0.39 is 0 Å². The summed E-state index contributed by atoms with van der Waals surface area (Å²) in [5.41, 5.74) is 0.975. The van der Waals surface area contributed by atoms with E-state index >= 15 is 0 Å². The molecule has 2 aromatic heterocycles. The molecule has 0 bridgehead atoms. The first kappa shape index (κ1) is 14.0. The second kappa shape index (κ2) is 5.81. The number of halogens is 2. The van der Waals surface area contributed by atoms with E-state index in [-0.39, 0.29) is 6.79 Å². The number of ether oxygens (including phenoxy) is 2. The molecule has 0 spiro atoms. The van der Waals surface area contributed by atoms with Crippen molar-refractivity contribution in [2.75, 3.05) is 13.9 Å². The predicted molar refractivity (Wildman–Crippen MR) is 85.1 cm³/mol. The summed E-state index contributed by atoms with van der Waals surface area (Å²) in [4.78, 5) is 5.37. The minimum Gasteiger partial charge on any atom is -0.450 e. The van der Waals surface area contributed by atoms with E-state index in [9.17, 15) is 0 Å². The van der Waals surface area contributed by atoms with Crippen molar-refractivity contribution >= 4 is 60.1 Å². The van der Waals surface area contributed by atoms with Crippen LogP contribution in [0.1, 0.15) is 5.69 Å². The number of nitrogens with zero attached hydrogens (tertiary/aromatic N) is 2. The molecule has 1 aromatic carbocycles. The Hall–Kier alpha value is -0.950. The van der Waals surface area contributed by atoms with E-state index in [0.717, 1.165) is 26.7 Å². The largest absolute Gasteiger partial charge is 0.450 e. The third-order valence-electron chi connectivity index (χ3n) is 2.87. The van der Waals surface area contributed by atoms with Crippen LogP contribution in [-0.4, -0.2) is 23.3 Å². The summed E-state index contributed by atoms with van der Waals surface area (Å²) in [5, 5.41) is 4.27. The van der Waals surface area contributed by atoms with Gasteiger partial charge in [-0.2, -0.15) is 4.37 Å². The van der Waals surface area contributed by atoms with Gasteiger partial charge in [0.05, 0.1) is 5.69 Å². The van der Waals surface area contributed by atoms with Crippen molar-refractivity contribution in [1.29, 1.82) is 0 Å². The highest BCUT2D eigenvalue weighted by molar-refractivity contribution is 9.08. The fraction of sp³-hybridized carbons (Fsp3) is 0.231. The molecule has 0 aliphatic carbocycles. The molecule has 0 saturated heterocycles. The van der Waals surface area contributed by atoms with E-state index in [4.69, 9.17) is 21.1 Å². The molecule has 0 aliphatic rings. The highest BCUT2D eigenvalue weighted by atomic mass is 79.9. The fourth-order valence-corrected chi connectivity index (χ4v) is 3.58. The van der Waals surface area contributed by atoms with Crippen molar-refractivity contribution < 1.29 is 9.47 Å². The lowest BCUT2D eigenvalue weighted by molar-refractivity contribution is 0.0493. The smallest absolute Gasteiger partial charge is 0.224 e. The highest BCUT2D eigenvalue weighted by Gasteiger charge is 2.15. The van der Waals surface area contributed by atoms with Crippen LogP contribution in [0.2, 0.25) is 5.02 Å². The molecule has 0 aliphatic heterocycles. The molecule has 4 nitrogen and oxygen atoms in total. The van der Waals surface area contributed by atoms with Gasteiger partial charge in [-0.25, -0.2) is 4.98 Å². The third kappa shape index (κ3) is 2.37. The molecule has 0 fully saturated rings. The predicted octanol–water partition coefficient (Wildman–Crippen LogP) is 4.38. The van der Waals surface area contributed by atoms with Gasteiger partial charge in [0.1, 0.15) is 4.83 Å². The summed E-state index contributed by atoms with van der Waals surface area (Å²) in [7, 11) is 1.57. The Morgan fingerprint density at radius 1 is 1.35 bits per heavy atom. The number of rotatable bonds is 4. The number of hydrogen-bond donors (Lipinski definition) is 0. The summed E-state index contributed by atoms with van der Waals surface area (Å²) in [6.07, 6.45) is 0. The molecule has 0 radical (unpaired) electrons. The lowest BCUT2D eigenvalue weighted by Gasteiger charge is -2.09. The molecule has 20 heavy (non-hydrogen) atoms. The minimum absolute atomic E-state index is 0.143. The molecule has 0 saturated carbocycles. The van der Waals surface area contributed by atoms with E-state index in [1.54, 1.807) is 7.11 Å². The second-order valence-corrected chi connectivity index (χ2v) is 5.85. The van der Waals surface area contributed by atoms with E-state index in [0.29, 0.717) is 16.2 Å². The molecule has 3 aromatic rings. The van der Waals surface area contributed by atoms with Crippen LogP contribution in [0.4, 0.5) is 0 Å². The molecule has 3 rings (SSSR count). The molecular weight excluding hydrogens is 364 g/mol. The lowest BCUT2D eigenvalue weighted by Crippen LogP contribution is -2.01. The van der Waals surface area contributed by atoms with Crippen molar-refractivity contribution in [3.63, 3.8) is 0 Å². The van der Waals surface area contributed by atoms with Crippen molar-refractivity contribution in [2.24, 2.45) is 0 Å². The number of methoxy groups -OCH3 is 1. The topological polar surface area (TPSA) is 44.2 Å². The van der Waals surface area contributed by atoms with Gasteiger partial charge in [0.25, 0.3) is 0 Å². The quantitative estimate of drug-likeness (QED) is 0.503. The van der Waals surface area contributed by atoms with Crippen LogP contribution in [0, 0.1) is 0 Å². The number of fused-ring (bicyclic) bond motifs is 3. The molecule has 7 heteroatoms. The van der Waals surface area contributed by atoms with Gasteiger partial charge >= 0.3 is 0 Å². The monoisotopic (exact) mass is 372 g/mol. The zero-order valence-corrected chi connectivity index (χ0v) is 13.7. The summed E-state index contributed by atoms with van der Waals surface area (Å²) in [6, 6.07) is 5.69. The molecule has 0 amide bonds. The molecule has 0 N–H and O–H groups in total. The standard InChI is InChI=1S/C13H10BrClN2O2S/c1-18-6-19-12-9-4-7(15)2-3-8(9)11-10(5-14)17-20-13(11)16-12/h2-4H,5-6H2,1H3. The normalized spacial score (nSPS) is 11.3. The van der Waals surface area contributed by atoms with Gasteiger partial charge in [0.15, 0.2) is 6.79 Å². The SMILES string of the molecule is COCOc1nc2snc(CBr)c2c2ccc(Cl)cc12.